The van der Waals surface area contributed by atoms with E-state index in [-0.39, 0.29) is 0 Å². The molecule has 0 bridgehead atoms. The van der Waals surface area contributed by atoms with Crippen molar-refractivity contribution in [2.75, 3.05) is 26.1 Å². The zero-order valence-corrected chi connectivity index (χ0v) is 10.1. The maximum Gasteiger partial charge on any atom is 0.229 e. The number of aromatic nitrogens is 2. The van der Waals surface area contributed by atoms with Gasteiger partial charge in [-0.05, 0) is 13.8 Å². The average molecular weight is 223 g/mol. The van der Waals surface area contributed by atoms with Crippen molar-refractivity contribution in [3.63, 3.8) is 0 Å². The Morgan fingerprint density at radius 1 is 1.25 bits per heavy atom. The molecule has 1 N–H and O–H groups in total. The summed E-state index contributed by atoms with van der Waals surface area (Å²) < 4.78 is 10.1. The molecule has 16 heavy (non-hydrogen) atoms. The van der Waals surface area contributed by atoms with Gasteiger partial charge in [-0.3, -0.25) is 0 Å². The van der Waals surface area contributed by atoms with Crippen molar-refractivity contribution in [1.82, 2.24) is 9.97 Å². The predicted octanol–water partition coefficient (Wildman–Crippen LogP) is 1.87. The van der Waals surface area contributed by atoms with Gasteiger partial charge in [-0.15, -0.1) is 0 Å². The molecule has 0 saturated heterocycles. The molecule has 5 heteroatoms. The lowest BCUT2D eigenvalue weighted by atomic mass is 10.3. The van der Waals surface area contributed by atoms with Crippen LogP contribution in [0.1, 0.15) is 13.8 Å². The first-order valence-electron chi connectivity index (χ1n) is 5.00. The maximum atomic E-state index is 5.04. The van der Waals surface area contributed by atoms with Crippen LogP contribution in [0.15, 0.2) is 17.7 Å². The molecule has 0 atom stereocenters. The number of ether oxygens (including phenoxy) is 2. The molecule has 0 aliphatic heterocycles. The highest BCUT2D eigenvalue weighted by molar-refractivity contribution is 5.34. The van der Waals surface area contributed by atoms with E-state index in [2.05, 4.69) is 21.4 Å². The summed E-state index contributed by atoms with van der Waals surface area (Å²) in [7, 11) is 3.11. The fraction of sp³-hybridized carbons (Fsp3) is 0.455. The molecule has 88 valence electrons. The molecule has 0 aliphatic rings. The van der Waals surface area contributed by atoms with Crippen molar-refractivity contribution in [2.45, 2.75) is 13.8 Å². The van der Waals surface area contributed by atoms with E-state index in [4.69, 9.17) is 9.47 Å². The van der Waals surface area contributed by atoms with Crippen LogP contribution in [0.25, 0.3) is 0 Å². The van der Waals surface area contributed by atoms with E-state index in [1.165, 1.54) is 5.57 Å². The third-order valence-electron chi connectivity index (χ3n) is 1.87. The number of methoxy groups -OCH3 is 2. The summed E-state index contributed by atoms with van der Waals surface area (Å²) in [6.07, 6.45) is 2.05. The number of hydrogen-bond donors (Lipinski definition) is 1. The van der Waals surface area contributed by atoms with Gasteiger partial charge in [0.2, 0.25) is 17.7 Å². The van der Waals surface area contributed by atoms with Crippen molar-refractivity contribution in [3.8, 4) is 11.8 Å². The van der Waals surface area contributed by atoms with E-state index in [1.54, 1.807) is 20.3 Å². The molecule has 0 saturated carbocycles. The van der Waals surface area contributed by atoms with Crippen LogP contribution in [-0.4, -0.2) is 30.7 Å². The molecule has 0 amide bonds. The molecule has 0 aromatic carbocycles. The summed E-state index contributed by atoms with van der Waals surface area (Å²) in [5, 5.41) is 3.07. The summed E-state index contributed by atoms with van der Waals surface area (Å²) in [5.41, 5.74) is 1.24. The Kier molecular flexibility index (Phi) is 4.57. The Labute approximate surface area is 95.5 Å². The summed E-state index contributed by atoms with van der Waals surface area (Å²) in [6, 6.07) is 1.63. The third kappa shape index (κ3) is 3.76. The van der Waals surface area contributed by atoms with Gasteiger partial charge in [-0.2, -0.15) is 9.97 Å². The van der Waals surface area contributed by atoms with Crippen molar-refractivity contribution in [1.29, 1.82) is 0 Å². The Morgan fingerprint density at radius 2 is 1.81 bits per heavy atom. The highest BCUT2D eigenvalue weighted by Gasteiger charge is 2.03. The Bertz CT molecular complexity index is 351. The molecule has 1 aromatic rings. The summed E-state index contributed by atoms with van der Waals surface area (Å²) in [5.74, 6) is 1.45. The lowest BCUT2D eigenvalue weighted by Crippen LogP contribution is -2.05. The highest BCUT2D eigenvalue weighted by Crippen LogP contribution is 2.16. The monoisotopic (exact) mass is 223 g/mol. The molecule has 1 heterocycles. The zero-order valence-electron chi connectivity index (χ0n) is 10.1. The van der Waals surface area contributed by atoms with Crippen LogP contribution in [0.3, 0.4) is 0 Å². The van der Waals surface area contributed by atoms with E-state index in [0.29, 0.717) is 24.3 Å². The minimum atomic E-state index is 0.478. The van der Waals surface area contributed by atoms with Crippen LogP contribution < -0.4 is 14.8 Å². The number of nitrogens with zero attached hydrogens (tertiary/aromatic N) is 2. The van der Waals surface area contributed by atoms with Gasteiger partial charge in [-0.1, -0.05) is 11.6 Å². The molecule has 0 fully saturated rings. The molecule has 5 nitrogen and oxygen atoms in total. The van der Waals surface area contributed by atoms with Crippen LogP contribution in [0.5, 0.6) is 11.8 Å². The van der Waals surface area contributed by atoms with E-state index >= 15 is 0 Å². The fourth-order valence-corrected chi connectivity index (χ4v) is 1.04. The normalized spacial score (nSPS) is 9.50. The lowest BCUT2D eigenvalue weighted by Gasteiger charge is -2.06. The van der Waals surface area contributed by atoms with Gasteiger partial charge in [0.05, 0.1) is 20.3 Å². The van der Waals surface area contributed by atoms with Crippen LogP contribution in [0.4, 0.5) is 5.95 Å². The maximum absolute atomic E-state index is 5.04. The molecule has 0 spiro atoms. The molecular formula is C11H17N3O2. The van der Waals surface area contributed by atoms with Gasteiger partial charge in [0, 0.05) is 6.54 Å². The smallest absolute Gasteiger partial charge is 0.229 e. The predicted molar refractivity (Wildman–Crippen MR) is 63.1 cm³/mol. The Hall–Kier alpha value is -1.78. The van der Waals surface area contributed by atoms with Gasteiger partial charge in [-0.25, -0.2) is 0 Å². The number of hydrogen-bond acceptors (Lipinski definition) is 5. The quantitative estimate of drug-likeness (QED) is 0.772. The van der Waals surface area contributed by atoms with Crippen molar-refractivity contribution >= 4 is 5.95 Å². The van der Waals surface area contributed by atoms with Crippen LogP contribution >= 0.6 is 0 Å². The number of anilines is 1. The first kappa shape index (κ1) is 12.3. The molecule has 0 aliphatic carbocycles. The average Bonchev–Trinajstić information content (AvgIpc) is 2.28. The molecule has 0 unspecified atom stereocenters. The lowest BCUT2D eigenvalue weighted by molar-refractivity contribution is 0.373. The Morgan fingerprint density at radius 3 is 2.25 bits per heavy atom. The van der Waals surface area contributed by atoms with Crippen LogP contribution in [0.2, 0.25) is 0 Å². The van der Waals surface area contributed by atoms with Crippen molar-refractivity contribution in [3.05, 3.63) is 17.7 Å². The SMILES string of the molecule is COc1cc(OC)nc(NCC=C(C)C)n1. The second-order valence-corrected chi connectivity index (χ2v) is 3.44. The summed E-state index contributed by atoms with van der Waals surface area (Å²) >= 11 is 0. The first-order valence-corrected chi connectivity index (χ1v) is 5.00. The number of rotatable bonds is 5. The number of allylic oxidation sites excluding steroid dienone is 1. The minimum absolute atomic E-state index is 0.478. The van der Waals surface area contributed by atoms with Crippen LogP contribution in [-0.2, 0) is 0 Å². The standard InChI is InChI=1S/C11H17N3O2/c1-8(2)5-6-12-11-13-9(15-3)7-10(14-11)16-4/h5,7H,6H2,1-4H3,(H,12,13,14). The van der Waals surface area contributed by atoms with Gasteiger partial charge >= 0.3 is 0 Å². The van der Waals surface area contributed by atoms with E-state index < -0.39 is 0 Å². The van der Waals surface area contributed by atoms with Gasteiger partial charge < -0.3 is 14.8 Å². The number of nitrogens with one attached hydrogen (secondary N) is 1. The minimum Gasteiger partial charge on any atom is -0.481 e. The third-order valence-corrected chi connectivity index (χ3v) is 1.87. The Balaban J connectivity index is 2.75. The topological polar surface area (TPSA) is 56.3 Å². The largest absolute Gasteiger partial charge is 0.481 e. The van der Waals surface area contributed by atoms with E-state index in [0.717, 1.165) is 0 Å². The van der Waals surface area contributed by atoms with Gasteiger partial charge in [0.25, 0.3) is 0 Å². The summed E-state index contributed by atoms with van der Waals surface area (Å²) in [6.45, 7) is 4.75. The molecule has 0 radical (unpaired) electrons. The van der Waals surface area contributed by atoms with Crippen LogP contribution in [0, 0.1) is 0 Å². The van der Waals surface area contributed by atoms with Gasteiger partial charge in [0.1, 0.15) is 0 Å². The van der Waals surface area contributed by atoms with Crippen molar-refractivity contribution < 1.29 is 9.47 Å². The van der Waals surface area contributed by atoms with Crippen molar-refractivity contribution in [2.24, 2.45) is 0 Å². The second kappa shape index (κ2) is 5.95. The van der Waals surface area contributed by atoms with Gasteiger partial charge in [0.15, 0.2) is 0 Å². The molecule has 1 aromatic heterocycles. The highest BCUT2D eigenvalue weighted by atomic mass is 16.5. The fourth-order valence-electron chi connectivity index (χ4n) is 1.04. The second-order valence-electron chi connectivity index (χ2n) is 3.44. The van der Waals surface area contributed by atoms with E-state index in [1.807, 2.05) is 13.8 Å². The summed E-state index contributed by atoms with van der Waals surface area (Å²) in [4.78, 5) is 8.29. The first-order chi connectivity index (χ1) is 7.65. The zero-order chi connectivity index (χ0) is 12.0. The molecular weight excluding hydrogens is 206 g/mol. The molecule has 1 rings (SSSR count). The van der Waals surface area contributed by atoms with E-state index in [9.17, 15) is 0 Å².